The number of hydrogen-bond donors (Lipinski definition) is 2. The van der Waals surface area contributed by atoms with E-state index in [1.165, 1.54) is 6.20 Å². The number of halogens is 1. The van der Waals surface area contributed by atoms with Gasteiger partial charge in [0.25, 0.3) is 0 Å². The highest BCUT2D eigenvalue weighted by Crippen LogP contribution is 2.21. The highest BCUT2D eigenvalue weighted by Gasteiger charge is 2.19. The van der Waals surface area contributed by atoms with Crippen molar-refractivity contribution in [3.05, 3.63) is 23.5 Å². The largest absolute Gasteiger partial charge is 0.480 e. The molecule has 0 bridgehead atoms. The van der Waals surface area contributed by atoms with Crippen molar-refractivity contribution >= 4 is 23.3 Å². The lowest BCUT2D eigenvalue weighted by Gasteiger charge is -2.18. The van der Waals surface area contributed by atoms with E-state index in [0.717, 1.165) is 0 Å². The Morgan fingerprint density at radius 3 is 2.81 bits per heavy atom. The lowest BCUT2D eigenvalue weighted by Crippen LogP contribution is -2.30. The maximum absolute atomic E-state index is 11.0. The first kappa shape index (κ1) is 12.8. The van der Waals surface area contributed by atoms with E-state index in [9.17, 15) is 4.79 Å². The smallest absolute Gasteiger partial charge is 0.326 e. The van der Waals surface area contributed by atoms with Gasteiger partial charge >= 0.3 is 5.97 Å². The molecule has 1 aromatic heterocycles. The third-order valence-corrected chi connectivity index (χ3v) is 2.41. The van der Waals surface area contributed by atoms with Gasteiger partial charge in [0, 0.05) is 12.4 Å². The van der Waals surface area contributed by atoms with Crippen molar-refractivity contribution in [1.82, 2.24) is 4.98 Å². The first-order valence-electron chi connectivity index (χ1n) is 5.09. The zero-order valence-corrected chi connectivity index (χ0v) is 10.0. The summed E-state index contributed by atoms with van der Waals surface area (Å²) in [7, 11) is 0. The standard InChI is InChI=1S/C11H15ClN2O2/c1-7(2)5-10(11(15)16)14-9-3-4-13-6-8(9)12/h3-4,6-7,10H,5H2,1-2H3,(H,13,14)(H,15,16). The number of carboxylic acids is 1. The number of carboxylic acid groups (broad SMARTS) is 1. The molecule has 2 N–H and O–H groups in total. The minimum Gasteiger partial charge on any atom is -0.480 e. The van der Waals surface area contributed by atoms with Crippen LogP contribution >= 0.6 is 11.6 Å². The topological polar surface area (TPSA) is 62.2 Å². The number of pyridine rings is 1. The molecule has 0 aromatic carbocycles. The van der Waals surface area contributed by atoms with Crippen molar-refractivity contribution in [1.29, 1.82) is 0 Å². The maximum atomic E-state index is 11.0. The van der Waals surface area contributed by atoms with Crippen LogP contribution in [0.3, 0.4) is 0 Å². The molecular formula is C11H15ClN2O2. The fraction of sp³-hybridized carbons (Fsp3) is 0.455. The summed E-state index contributed by atoms with van der Waals surface area (Å²) < 4.78 is 0. The molecule has 0 radical (unpaired) electrons. The molecule has 0 amide bonds. The molecule has 0 saturated carbocycles. The molecule has 0 aliphatic carbocycles. The van der Waals surface area contributed by atoms with Crippen LogP contribution < -0.4 is 5.32 Å². The zero-order valence-electron chi connectivity index (χ0n) is 9.27. The molecule has 88 valence electrons. The molecule has 1 heterocycles. The van der Waals surface area contributed by atoms with E-state index < -0.39 is 12.0 Å². The molecule has 0 spiro atoms. The van der Waals surface area contributed by atoms with Crippen LogP contribution in [-0.4, -0.2) is 22.1 Å². The van der Waals surface area contributed by atoms with Crippen LogP contribution in [0.25, 0.3) is 0 Å². The minimum absolute atomic E-state index is 0.300. The van der Waals surface area contributed by atoms with E-state index in [2.05, 4.69) is 10.3 Å². The minimum atomic E-state index is -0.874. The normalized spacial score (nSPS) is 12.5. The zero-order chi connectivity index (χ0) is 12.1. The van der Waals surface area contributed by atoms with Crippen molar-refractivity contribution in [2.24, 2.45) is 5.92 Å². The van der Waals surface area contributed by atoms with E-state index in [1.54, 1.807) is 12.3 Å². The lowest BCUT2D eigenvalue weighted by atomic mass is 10.0. The maximum Gasteiger partial charge on any atom is 0.326 e. The fourth-order valence-electron chi connectivity index (χ4n) is 1.37. The molecule has 1 atom stereocenters. The van der Waals surface area contributed by atoms with Crippen LogP contribution in [0.1, 0.15) is 20.3 Å². The van der Waals surface area contributed by atoms with Gasteiger partial charge in [0.05, 0.1) is 10.7 Å². The second-order valence-corrected chi connectivity index (χ2v) is 4.43. The number of aromatic nitrogens is 1. The molecule has 0 fully saturated rings. The Morgan fingerprint density at radius 1 is 1.62 bits per heavy atom. The van der Waals surface area contributed by atoms with Gasteiger partial charge in [-0.15, -0.1) is 0 Å². The number of nitrogens with zero attached hydrogens (tertiary/aromatic N) is 1. The SMILES string of the molecule is CC(C)CC(Nc1ccncc1Cl)C(=O)O. The van der Waals surface area contributed by atoms with Crippen LogP contribution in [0, 0.1) is 5.92 Å². The van der Waals surface area contributed by atoms with Crippen LogP contribution in [0.15, 0.2) is 18.5 Å². The van der Waals surface area contributed by atoms with Gasteiger partial charge in [0.1, 0.15) is 6.04 Å². The number of anilines is 1. The number of aliphatic carboxylic acids is 1. The van der Waals surface area contributed by atoms with Crippen molar-refractivity contribution in [3.63, 3.8) is 0 Å². The van der Waals surface area contributed by atoms with E-state index in [0.29, 0.717) is 23.0 Å². The Morgan fingerprint density at radius 2 is 2.31 bits per heavy atom. The number of carbonyl (C=O) groups is 1. The van der Waals surface area contributed by atoms with Crippen molar-refractivity contribution < 1.29 is 9.90 Å². The molecule has 5 heteroatoms. The van der Waals surface area contributed by atoms with Gasteiger partial charge < -0.3 is 10.4 Å². The third-order valence-electron chi connectivity index (χ3n) is 2.11. The van der Waals surface area contributed by atoms with Crippen LogP contribution in [0.2, 0.25) is 5.02 Å². The molecule has 1 rings (SSSR count). The van der Waals surface area contributed by atoms with E-state index in [1.807, 2.05) is 13.8 Å². The molecule has 0 aliphatic rings. The summed E-state index contributed by atoms with van der Waals surface area (Å²) in [4.78, 5) is 14.9. The third kappa shape index (κ3) is 3.70. The van der Waals surface area contributed by atoms with Gasteiger partial charge in [0.15, 0.2) is 0 Å². The first-order chi connectivity index (χ1) is 7.50. The van der Waals surface area contributed by atoms with Gasteiger partial charge in [-0.05, 0) is 18.4 Å². The second-order valence-electron chi connectivity index (χ2n) is 4.02. The predicted molar refractivity (Wildman–Crippen MR) is 63.7 cm³/mol. The van der Waals surface area contributed by atoms with Crippen LogP contribution in [0.4, 0.5) is 5.69 Å². The van der Waals surface area contributed by atoms with Crippen LogP contribution in [0.5, 0.6) is 0 Å². The van der Waals surface area contributed by atoms with Gasteiger partial charge in [-0.25, -0.2) is 4.79 Å². The summed E-state index contributed by atoms with van der Waals surface area (Å²) in [6.45, 7) is 3.96. The Labute approximate surface area is 99.6 Å². The van der Waals surface area contributed by atoms with E-state index in [-0.39, 0.29) is 0 Å². The van der Waals surface area contributed by atoms with Gasteiger partial charge in [-0.2, -0.15) is 0 Å². The monoisotopic (exact) mass is 242 g/mol. The Balaban J connectivity index is 2.76. The molecule has 16 heavy (non-hydrogen) atoms. The van der Waals surface area contributed by atoms with Gasteiger partial charge in [-0.1, -0.05) is 25.4 Å². The van der Waals surface area contributed by atoms with Crippen molar-refractivity contribution in [2.75, 3.05) is 5.32 Å². The summed E-state index contributed by atoms with van der Waals surface area (Å²) in [6.07, 6.45) is 3.61. The van der Waals surface area contributed by atoms with Gasteiger partial charge in [0.2, 0.25) is 0 Å². The summed E-state index contributed by atoms with van der Waals surface area (Å²) in [6, 6.07) is 1.04. The Kier molecular flexibility index (Phi) is 4.55. The van der Waals surface area contributed by atoms with Crippen LogP contribution in [-0.2, 0) is 4.79 Å². The van der Waals surface area contributed by atoms with Crippen molar-refractivity contribution in [2.45, 2.75) is 26.3 Å². The number of hydrogen-bond acceptors (Lipinski definition) is 3. The quantitative estimate of drug-likeness (QED) is 0.833. The summed E-state index contributed by atoms with van der Waals surface area (Å²) in [5.41, 5.74) is 0.602. The predicted octanol–water partition coefficient (Wildman–Crippen LogP) is 2.65. The molecular weight excluding hydrogens is 228 g/mol. The molecule has 1 aromatic rings. The summed E-state index contributed by atoms with van der Waals surface area (Å²) in [5, 5.41) is 12.4. The lowest BCUT2D eigenvalue weighted by molar-refractivity contribution is -0.138. The molecule has 0 saturated heterocycles. The molecule has 1 unspecified atom stereocenters. The second kappa shape index (κ2) is 5.70. The average Bonchev–Trinajstić information content (AvgIpc) is 2.19. The fourth-order valence-corrected chi connectivity index (χ4v) is 1.55. The van der Waals surface area contributed by atoms with E-state index >= 15 is 0 Å². The number of nitrogens with one attached hydrogen (secondary N) is 1. The number of rotatable bonds is 5. The summed E-state index contributed by atoms with van der Waals surface area (Å²) in [5.74, 6) is -0.573. The van der Waals surface area contributed by atoms with Crippen molar-refractivity contribution in [3.8, 4) is 0 Å². The Bertz CT molecular complexity index is 369. The highest BCUT2D eigenvalue weighted by molar-refractivity contribution is 6.33. The first-order valence-corrected chi connectivity index (χ1v) is 5.47. The van der Waals surface area contributed by atoms with Gasteiger partial charge in [-0.3, -0.25) is 4.98 Å². The van der Waals surface area contributed by atoms with E-state index in [4.69, 9.17) is 16.7 Å². The highest BCUT2D eigenvalue weighted by atomic mass is 35.5. The summed E-state index contributed by atoms with van der Waals surface area (Å²) >= 11 is 5.89. The molecule has 0 aliphatic heterocycles. The Hall–Kier alpha value is -1.29. The average molecular weight is 243 g/mol. The molecule has 4 nitrogen and oxygen atoms in total.